The number of amides is 1. The van der Waals surface area contributed by atoms with Crippen molar-refractivity contribution in [2.24, 2.45) is 5.10 Å². The van der Waals surface area contributed by atoms with Crippen LogP contribution in [0.3, 0.4) is 0 Å². The first-order valence-electron chi connectivity index (χ1n) is 7.98. The van der Waals surface area contributed by atoms with Crippen LogP contribution in [0.25, 0.3) is 11.3 Å². The molecule has 0 radical (unpaired) electrons. The lowest BCUT2D eigenvalue weighted by Crippen LogP contribution is -2.18. The molecular weight excluding hydrogens is 448 g/mol. The van der Waals surface area contributed by atoms with Crippen molar-refractivity contribution < 1.29 is 19.1 Å². The lowest BCUT2D eigenvalue weighted by molar-refractivity contribution is -0.385. The SMILES string of the molecule is O=C(N/N=C\c1ccc(-c2ccc(Br)cc2[N+](=O)[O-])o1)c1ccccc1[N+](=O)[O-]. The molecule has 0 saturated heterocycles. The molecule has 0 bridgehead atoms. The van der Waals surface area contributed by atoms with Crippen LogP contribution in [0.4, 0.5) is 11.4 Å². The lowest BCUT2D eigenvalue weighted by atomic mass is 10.1. The molecule has 0 aliphatic heterocycles. The number of nitro benzene ring substituents is 2. The number of carbonyl (C=O) groups is 1. The molecule has 1 N–H and O–H groups in total. The molecule has 0 atom stereocenters. The van der Waals surface area contributed by atoms with Gasteiger partial charge in [-0.2, -0.15) is 5.10 Å². The summed E-state index contributed by atoms with van der Waals surface area (Å²) in [5, 5.41) is 25.9. The van der Waals surface area contributed by atoms with Gasteiger partial charge >= 0.3 is 0 Å². The smallest absolute Gasteiger partial charge is 0.282 e. The molecule has 10 nitrogen and oxygen atoms in total. The molecule has 0 unspecified atom stereocenters. The Balaban J connectivity index is 1.76. The van der Waals surface area contributed by atoms with E-state index in [0.29, 0.717) is 4.47 Å². The van der Waals surface area contributed by atoms with E-state index < -0.39 is 15.8 Å². The lowest BCUT2D eigenvalue weighted by Gasteiger charge is -2.01. The number of nitrogens with zero attached hydrogens (tertiary/aromatic N) is 3. The maximum Gasteiger partial charge on any atom is 0.282 e. The van der Waals surface area contributed by atoms with Gasteiger partial charge in [0.25, 0.3) is 17.3 Å². The molecule has 146 valence electrons. The summed E-state index contributed by atoms with van der Waals surface area (Å²) in [4.78, 5) is 33.1. The highest BCUT2D eigenvalue weighted by Gasteiger charge is 2.19. The second-order valence-corrected chi connectivity index (χ2v) is 6.51. The predicted octanol–water partition coefficient (Wildman–Crippen LogP) is 4.29. The molecule has 0 saturated carbocycles. The minimum Gasteiger partial charge on any atom is -0.455 e. The molecule has 0 aliphatic rings. The summed E-state index contributed by atoms with van der Waals surface area (Å²) in [5.41, 5.74) is 1.84. The van der Waals surface area contributed by atoms with Crippen LogP contribution >= 0.6 is 15.9 Å². The molecule has 1 amide bonds. The zero-order chi connectivity index (χ0) is 21.0. The van der Waals surface area contributed by atoms with Crippen molar-refractivity contribution in [1.29, 1.82) is 0 Å². The van der Waals surface area contributed by atoms with Crippen molar-refractivity contribution in [3.8, 4) is 11.3 Å². The number of hydrogen-bond donors (Lipinski definition) is 1. The van der Waals surface area contributed by atoms with Crippen LogP contribution in [-0.4, -0.2) is 22.0 Å². The Morgan fingerprint density at radius 3 is 2.48 bits per heavy atom. The standard InChI is InChI=1S/C18H11BrN4O6/c19-11-5-7-13(16(9-11)23(27)28)17-8-6-12(29-17)10-20-21-18(24)14-3-1-2-4-15(14)22(25)26/h1-10H,(H,21,24)/b20-10-. The second kappa shape index (κ2) is 8.44. The average molecular weight is 459 g/mol. The van der Waals surface area contributed by atoms with Gasteiger partial charge in [-0.25, -0.2) is 5.43 Å². The molecule has 0 aliphatic carbocycles. The van der Waals surface area contributed by atoms with Crippen molar-refractivity contribution in [3.05, 3.63) is 90.6 Å². The van der Waals surface area contributed by atoms with Crippen LogP contribution in [0.1, 0.15) is 16.1 Å². The van der Waals surface area contributed by atoms with Gasteiger partial charge < -0.3 is 4.42 Å². The Morgan fingerprint density at radius 2 is 1.76 bits per heavy atom. The molecule has 1 heterocycles. The molecule has 29 heavy (non-hydrogen) atoms. The average Bonchev–Trinajstić information content (AvgIpc) is 3.16. The normalized spacial score (nSPS) is 10.8. The zero-order valence-corrected chi connectivity index (χ0v) is 16.0. The van der Waals surface area contributed by atoms with Crippen molar-refractivity contribution in [2.75, 3.05) is 0 Å². The van der Waals surface area contributed by atoms with Crippen molar-refractivity contribution >= 4 is 39.4 Å². The quantitative estimate of drug-likeness (QED) is 0.331. The molecule has 3 aromatic rings. The van der Waals surface area contributed by atoms with Crippen molar-refractivity contribution in [3.63, 3.8) is 0 Å². The molecular formula is C18H11BrN4O6. The third-order valence-corrected chi connectivity index (χ3v) is 4.25. The number of halogens is 1. The first kappa shape index (κ1) is 19.9. The number of carbonyl (C=O) groups excluding carboxylic acids is 1. The Labute approximate surface area is 171 Å². The number of rotatable bonds is 6. The highest BCUT2D eigenvalue weighted by Crippen LogP contribution is 2.33. The fourth-order valence-corrected chi connectivity index (χ4v) is 2.82. The monoisotopic (exact) mass is 458 g/mol. The second-order valence-electron chi connectivity index (χ2n) is 5.59. The van der Waals surface area contributed by atoms with Crippen molar-refractivity contribution in [1.82, 2.24) is 5.43 Å². The number of nitrogens with one attached hydrogen (secondary N) is 1. The van der Waals surface area contributed by atoms with Gasteiger partial charge in [0.2, 0.25) is 0 Å². The molecule has 2 aromatic carbocycles. The van der Waals surface area contributed by atoms with Crippen molar-refractivity contribution in [2.45, 2.75) is 0 Å². The van der Waals surface area contributed by atoms with E-state index in [1.807, 2.05) is 0 Å². The molecule has 0 fully saturated rings. The highest BCUT2D eigenvalue weighted by atomic mass is 79.9. The van der Waals surface area contributed by atoms with E-state index in [4.69, 9.17) is 4.42 Å². The summed E-state index contributed by atoms with van der Waals surface area (Å²) >= 11 is 3.18. The third-order valence-electron chi connectivity index (χ3n) is 3.75. The fraction of sp³-hybridized carbons (Fsp3) is 0. The van der Waals surface area contributed by atoms with E-state index in [1.165, 1.54) is 54.7 Å². The minimum absolute atomic E-state index is 0.137. The predicted molar refractivity (Wildman–Crippen MR) is 107 cm³/mol. The first-order valence-corrected chi connectivity index (χ1v) is 8.77. The van der Waals surface area contributed by atoms with Crippen LogP contribution in [-0.2, 0) is 0 Å². The molecule has 1 aromatic heterocycles. The molecule has 3 rings (SSSR count). The molecule has 11 heteroatoms. The number of benzene rings is 2. The van der Waals surface area contributed by atoms with Gasteiger partial charge in [0.1, 0.15) is 17.1 Å². The number of hydrazone groups is 1. The van der Waals surface area contributed by atoms with Gasteiger partial charge in [0, 0.05) is 16.6 Å². The maximum absolute atomic E-state index is 12.1. The van der Waals surface area contributed by atoms with Crippen LogP contribution in [0.2, 0.25) is 0 Å². The number of furan rings is 1. The van der Waals surface area contributed by atoms with Crippen LogP contribution in [0.5, 0.6) is 0 Å². The van der Waals surface area contributed by atoms with Crippen LogP contribution in [0.15, 0.2) is 68.6 Å². The van der Waals surface area contributed by atoms with Gasteiger partial charge in [-0.1, -0.05) is 28.1 Å². The Kier molecular flexibility index (Phi) is 5.79. The number of nitro groups is 2. The Hall–Kier alpha value is -3.86. The first-order chi connectivity index (χ1) is 13.9. The largest absolute Gasteiger partial charge is 0.455 e. The minimum atomic E-state index is -0.760. The summed E-state index contributed by atoms with van der Waals surface area (Å²) in [7, 11) is 0. The van der Waals surface area contributed by atoms with Gasteiger partial charge in [-0.3, -0.25) is 25.0 Å². The van der Waals surface area contributed by atoms with Gasteiger partial charge in [0.05, 0.1) is 21.6 Å². The fourth-order valence-electron chi connectivity index (χ4n) is 2.47. The van der Waals surface area contributed by atoms with Crippen LogP contribution in [0, 0.1) is 20.2 Å². The van der Waals surface area contributed by atoms with E-state index in [1.54, 1.807) is 6.07 Å². The Morgan fingerprint density at radius 1 is 1.03 bits per heavy atom. The summed E-state index contributed by atoms with van der Waals surface area (Å²) in [6.07, 6.45) is 1.18. The zero-order valence-electron chi connectivity index (χ0n) is 14.4. The third kappa shape index (κ3) is 4.52. The summed E-state index contributed by atoms with van der Waals surface area (Å²) < 4.78 is 6.08. The van der Waals surface area contributed by atoms with Crippen LogP contribution < -0.4 is 5.43 Å². The maximum atomic E-state index is 12.1. The van der Waals surface area contributed by atoms with E-state index in [2.05, 4.69) is 26.5 Å². The van der Waals surface area contributed by atoms with Gasteiger partial charge in [0.15, 0.2) is 0 Å². The van der Waals surface area contributed by atoms with E-state index in [0.717, 1.165) is 0 Å². The topological polar surface area (TPSA) is 141 Å². The van der Waals surface area contributed by atoms with Gasteiger partial charge in [-0.15, -0.1) is 0 Å². The summed E-state index contributed by atoms with van der Waals surface area (Å²) in [6.45, 7) is 0. The summed E-state index contributed by atoms with van der Waals surface area (Å²) in [5.74, 6) is -0.292. The molecule has 0 spiro atoms. The Bertz CT molecular complexity index is 1140. The van der Waals surface area contributed by atoms with E-state index >= 15 is 0 Å². The van der Waals surface area contributed by atoms with E-state index in [-0.39, 0.29) is 34.0 Å². The number of para-hydroxylation sites is 1. The van der Waals surface area contributed by atoms with Gasteiger partial charge in [-0.05, 0) is 30.3 Å². The summed E-state index contributed by atoms with van der Waals surface area (Å²) in [6, 6.07) is 13.0. The highest BCUT2D eigenvalue weighted by molar-refractivity contribution is 9.10. The number of hydrogen-bond acceptors (Lipinski definition) is 7. The van der Waals surface area contributed by atoms with E-state index in [9.17, 15) is 25.0 Å².